The van der Waals surface area contributed by atoms with Crippen molar-refractivity contribution in [1.82, 2.24) is 0 Å². The zero-order valence-electron chi connectivity index (χ0n) is 7.37. The molecule has 0 radical (unpaired) electrons. The third-order valence-electron chi connectivity index (χ3n) is 0.771. The second-order valence-electron chi connectivity index (χ2n) is 1.96. The van der Waals surface area contributed by atoms with Gasteiger partial charge in [0.25, 0.3) is 0 Å². The van der Waals surface area contributed by atoms with Gasteiger partial charge in [-0.2, -0.15) is 0 Å². The van der Waals surface area contributed by atoms with Crippen molar-refractivity contribution in [3.8, 4) is 0 Å². The maximum atomic E-state index is 9.78. The second kappa shape index (κ2) is 7.04. The number of hydrogen-bond acceptors (Lipinski definition) is 4. The van der Waals surface area contributed by atoms with Gasteiger partial charge in [0.2, 0.25) is 10.0 Å². The highest BCUT2D eigenvalue weighted by Crippen LogP contribution is 1.70. The van der Waals surface area contributed by atoms with Gasteiger partial charge in [0, 0.05) is 12.2 Å². The Kier molecular flexibility index (Phi) is 7.58. The van der Waals surface area contributed by atoms with E-state index in [1.165, 1.54) is 6.92 Å². The van der Waals surface area contributed by atoms with Gasteiger partial charge in [0.1, 0.15) is 0 Å². The normalized spacial score (nSPS) is 10.4. The van der Waals surface area contributed by atoms with Gasteiger partial charge in [0.15, 0.2) is 0 Å². The third-order valence-corrected chi connectivity index (χ3v) is 1.58. The summed E-state index contributed by atoms with van der Waals surface area (Å²) >= 11 is 0. The van der Waals surface area contributed by atoms with E-state index in [1.54, 1.807) is 0 Å². The van der Waals surface area contributed by atoms with Crippen LogP contribution in [0.3, 0.4) is 0 Å². The van der Waals surface area contributed by atoms with Crippen LogP contribution in [0.4, 0.5) is 0 Å². The van der Waals surface area contributed by atoms with Crippen LogP contribution in [0.25, 0.3) is 0 Å². The highest BCUT2D eigenvalue weighted by Gasteiger charge is 1.91. The summed E-state index contributed by atoms with van der Waals surface area (Å²) in [7, 11) is -3.16. The Hall–Kier alpha value is -1.41. The van der Waals surface area contributed by atoms with E-state index >= 15 is 0 Å². The number of rotatable bonds is 3. The predicted molar refractivity (Wildman–Crippen MR) is 48.1 cm³/mol. The molecular formula is C6H11NO6S. The molecule has 0 fully saturated rings. The van der Waals surface area contributed by atoms with Gasteiger partial charge in [-0.25, -0.2) is 23.1 Å². The summed E-state index contributed by atoms with van der Waals surface area (Å²) in [6, 6.07) is 0. The van der Waals surface area contributed by atoms with Crippen molar-refractivity contribution < 1.29 is 28.2 Å². The lowest BCUT2D eigenvalue weighted by Gasteiger charge is -1.81. The molecule has 0 unspecified atom stereocenters. The number of primary sulfonamides is 1. The lowest BCUT2D eigenvalue weighted by atomic mass is 10.5. The molecule has 0 saturated carbocycles. The third kappa shape index (κ3) is 22.4. The van der Waals surface area contributed by atoms with Gasteiger partial charge in [-0.05, 0) is 6.92 Å². The van der Waals surface area contributed by atoms with Crippen LogP contribution in [-0.4, -0.2) is 36.3 Å². The lowest BCUT2D eigenvalue weighted by molar-refractivity contribution is -0.134. The minimum atomic E-state index is -3.16. The van der Waals surface area contributed by atoms with Crippen molar-refractivity contribution in [2.75, 3.05) is 5.75 Å². The Balaban J connectivity index is 0. The van der Waals surface area contributed by atoms with Crippen LogP contribution in [0.1, 0.15) is 6.92 Å². The Morgan fingerprint density at radius 2 is 1.43 bits per heavy atom. The van der Waals surface area contributed by atoms with E-state index in [4.69, 9.17) is 10.2 Å². The van der Waals surface area contributed by atoms with Gasteiger partial charge in [-0.3, -0.25) is 0 Å². The summed E-state index contributed by atoms with van der Waals surface area (Å²) in [4.78, 5) is 19.1. The van der Waals surface area contributed by atoms with Gasteiger partial charge in [0.05, 0.1) is 5.75 Å². The Bertz CT molecular complexity index is 301. The lowest BCUT2D eigenvalue weighted by Crippen LogP contribution is -2.13. The molecule has 0 spiro atoms. The molecule has 14 heavy (non-hydrogen) atoms. The van der Waals surface area contributed by atoms with Crippen molar-refractivity contribution >= 4 is 22.0 Å². The van der Waals surface area contributed by atoms with E-state index in [9.17, 15) is 18.0 Å². The molecule has 8 heteroatoms. The molecule has 0 heterocycles. The van der Waals surface area contributed by atoms with E-state index in [1.807, 2.05) is 0 Å². The average molecular weight is 225 g/mol. The quantitative estimate of drug-likeness (QED) is 0.527. The van der Waals surface area contributed by atoms with Crippen molar-refractivity contribution in [2.45, 2.75) is 6.92 Å². The highest BCUT2D eigenvalue weighted by atomic mass is 32.2. The van der Waals surface area contributed by atoms with E-state index in [-0.39, 0.29) is 5.75 Å². The fraction of sp³-hybridized carbons (Fsp3) is 0.333. The number of sulfonamides is 1. The van der Waals surface area contributed by atoms with Crippen molar-refractivity contribution in [3.63, 3.8) is 0 Å². The predicted octanol–water partition coefficient (Wildman–Crippen LogP) is -0.993. The fourth-order valence-corrected chi connectivity index (χ4v) is 0.143. The maximum absolute atomic E-state index is 9.78. The van der Waals surface area contributed by atoms with E-state index in [0.717, 1.165) is 0 Å². The van der Waals surface area contributed by atoms with Gasteiger partial charge >= 0.3 is 11.9 Å². The molecule has 0 aromatic carbocycles. The van der Waals surface area contributed by atoms with Gasteiger partial charge in [-0.1, -0.05) is 0 Å². The van der Waals surface area contributed by atoms with Gasteiger partial charge in [-0.15, -0.1) is 0 Å². The van der Waals surface area contributed by atoms with E-state index < -0.39 is 22.0 Å². The summed E-state index contributed by atoms with van der Waals surface area (Å²) in [6.07, 6.45) is 1.12. The molecule has 0 rings (SSSR count). The van der Waals surface area contributed by atoms with E-state index in [0.29, 0.717) is 12.2 Å². The molecule has 0 bridgehead atoms. The van der Waals surface area contributed by atoms with Crippen LogP contribution in [0, 0.1) is 0 Å². The second-order valence-corrected chi connectivity index (χ2v) is 3.86. The largest absolute Gasteiger partial charge is 0.478 e. The summed E-state index contributed by atoms with van der Waals surface area (Å²) < 4.78 is 19.6. The average Bonchev–Trinajstić information content (AvgIpc) is 2.01. The molecule has 0 atom stereocenters. The number of nitrogens with two attached hydrogens (primary N) is 1. The first kappa shape index (κ1) is 15.1. The summed E-state index contributed by atoms with van der Waals surface area (Å²) in [5.74, 6) is -2.49. The fourth-order valence-electron chi connectivity index (χ4n) is 0.143. The topological polar surface area (TPSA) is 135 Å². The Morgan fingerprint density at radius 3 is 1.50 bits per heavy atom. The van der Waals surface area contributed by atoms with Crippen LogP contribution < -0.4 is 5.14 Å². The minimum absolute atomic E-state index is 0.0208. The van der Waals surface area contributed by atoms with Crippen molar-refractivity contribution in [2.24, 2.45) is 5.14 Å². The molecule has 0 aliphatic carbocycles. The molecule has 0 aliphatic rings. The molecule has 4 N–H and O–H groups in total. The van der Waals surface area contributed by atoms with Crippen molar-refractivity contribution in [1.29, 1.82) is 0 Å². The number of carboxylic acid groups (broad SMARTS) is 2. The number of carboxylic acids is 2. The summed E-state index contributed by atoms with van der Waals surface area (Å²) in [5.41, 5.74) is 0. The van der Waals surface area contributed by atoms with Crippen LogP contribution in [0.2, 0.25) is 0 Å². The molecule has 0 saturated heterocycles. The van der Waals surface area contributed by atoms with Gasteiger partial charge < -0.3 is 10.2 Å². The molecule has 7 nitrogen and oxygen atoms in total. The zero-order chi connectivity index (χ0) is 11.8. The number of carbonyl (C=O) groups is 2. The standard InChI is InChI=1S/C4H4O4.C2H7NO2S/c5-3(6)1-2-4(7)8;1-2-6(3,4)5/h1-2H,(H,5,6)(H,7,8);2H2,1H3,(H2,3,4,5)/b2-1-;. The first-order valence-corrected chi connectivity index (χ1v) is 5.05. The highest BCUT2D eigenvalue weighted by molar-refractivity contribution is 7.89. The zero-order valence-corrected chi connectivity index (χ0v) is 8.19. The van der Waals surface area contributed by atoms with Crippen LogP contribution in [0.5, 0.6) is 0 Å². The molecule has 0 aliphatic heterocycles. The molecule has 82 valence electrons. The molecule has 0 aromatic rings. The minimum Gasteiger partial charge on any atom is -0.478 e. The monoisotopic (exact) mass is 225 g/mol. The first-order chi connectivity index (χ1) is 6.19. The smallest absolute Gasteiger partial charge is 0.328 e. The number of aliphatic carboxylic acids is 2. The van der Waals surface area contributed by atoms with E-state index in [2.05, 4.69) is 5.14 Å². The number of hydrogen-bond donors (Lipinski definition) is 3. The Morgan fingerprint density at radius 1 is 1.21 bits per heavy atom. The summed E-state index contributed by atoms with van der Waals surface area (Å²) in [5, 5.41) is 20.1. The van der Waals surface area contributed by atoms with Crippen molar-refractivity contribution in [3.05, 3.63) is 12.2 Å². The Labute approximate surface area is 80.9 Å². The first-order valence-electron chi connectivity index (χ1n) is 3.33. The van der Waals surface area contributed by atoms with Crippen LogP contribution in [0.15, 0.2) is 12.2 Å². The van der Waals surface area contributed by atoms with Crippen LogP contribution >= 0.6 is 0 Å². The van der Waals surface area contributed by atoms with Crippen LogP contribution in [-0.2, 0) is 19.6 Å². The molecule has 0 amide bonds. The SMILES string of the molecule is CCS(N)(=O)=O.O=C(O)/C=C\C(=O)O. The molecular weight excluding hydrogens is 214 g/mol. The summed E-state index contributed by atoms with van der Waals surface area (Å²) in [6.45, 7) is 1.50. The maximum Gasteiger partial charge on any atom is 0.328 e. The molecule has 0 aromatic heterocycles.